The number of halogens is 2. The fraction of sp³-hybridized carbons (Fsp3) is 0.167. The third-order valence-electron chi connectivity index (χ3n) is 4.00. The van der Waals surface area contributed by atoms with Crippen molar-refractivity contribution in [2.24, 2.45) is 9.98 Å². The average Bonchev–Trinajstić information content (AvgIpc) is 2.69. The van der Waals surface area contributed by atoms with Crippen molar-refractivity contribution >= 4 is 56.6 Å². The highest BCUT2D eigenvalue weighted by molar-refractivity contribution is 9.10. The number of hydrogen-bond donors (Lipinski definition) is 0. The summed E-state index contributed by atoms with van der Waals surface area (Å²) in [4.78, 5) is 33.2. The zero-order chi connectivity index (χ0) is 18.1. The molecule has 5 nitrogen and oxygen atoms in total. The lowest BCUT2D eigenvalue weighted by molar-refractivity contribution is -0.119. The first-order chi connectivity index (χ1) is 12.0. The fourth-order valence-corrected chi connectivity index (χ4v) is 3.60. The molecule has 3 rings (SSSR count). The highest BCUT2D eigenvalue weighted by atomic mass is 79.9. The molecule has 25 heavy (non-hydrogen) atoms. The number of carbonyl (C=O) groups excluding carboxylic acids is 2. The third-order valence-corrected chi connectivity index (χ3v) is 5.14. The van der Waals surface area contributed by atoms with Gasteiger partial charge in [-0.25, -0.2) is 4.79 Å². The Morgan fingerprint density at radius 2 is 2.00 bits per heavy atom. The maximum absolute atomic E-state index is 12.6. The molecule has 1 atom stereocenters. The smallest absolute Gasteiger partial charge is 0.251 e. The molecular weight excluding hydrogens is 406 g/mol. The molecule has 0 N–H and O–H groups in total. The molecule has 0 aliphatic carbocycles. The number of rotatable bonds is 2. The number of isocyanates is 1. The van der Waals surface area contributed by atoms with E-state index >= 15 is 0 Å². The van der Waals surface area contributed by atoms with Crippen LogP contribution in [0.3, 0.4) is 0 Å². The number of amides is 1. The topological polar surface area (TPSA) is 62.1 Å². The van der Waals surface area contributed by atoms with Crippen molar-refractivity contribution in [3.8, 4) is 0 Å². The van der Waals surface area contributed by atoms with Gasteiger partial charge in [0.2, 0.25) is 6.08 Å². The summed E-state index contributed by atoms with van der Waals surface area (Å²) in [6.45, 7) is 1.74. The number of fused-ring (bicyclic) bond motifs is 1. The van der Waals surface area contributed by atoms with Crippen LogP contribution in [-0.4, -0.2) is 30.8 Å². The second-order valence-electron chi connectivity index (χ2n) is 5.53. The van der Waals surface area contributed by atoms with Crippen molar-refractivity contribution < 1.29 is 9.59 Å². The van der Waals surface area contributed by atoms with Crippen LogP contribution in [0, 0.1) is 0 Å². The van der Waals surface area contributed by atoms with Crippen LogP contribution in [0.25, 0.3) is 0 Å². The molecule has 0 saturated heterocycles. The van der Waals surface area contributed by atoms with Gasteiger partial charge in [-0.05, 0) is 41.1 Å². The van der Waals surface area contributed by atoms with Gasteiger partial charge in [0.05, 0.1) is 21.6 Å². The minimum Gasteiger partial charge on any atom is -0.313 e. The van der Waals surface area contributed by atoms with Crippen molar-refractivity contribution in [3.63, 3.8) is 0 Å². The first-order valence-corrected chi connectivity index (χ1v) is 8.63. The third kappa shape index (κ3) is 3.04. The number of nitrogens with zero attached hydrogens (tertiary/aromatic N) is 3. The number of aliphatic imine (C=N–C) groups is 2. The van der Waals surface area contributed by atoms with E-state index in [0.717, 1.165) is 0 Å². The quantitative estimate of drug-likeness (QED) is 0.540. The van der Waals surface area contributed by atoms with Gasteiger partial charge in [0.15, 0.2) is 0 Å². The monoisotopic (exact) mass is 417 g/mol. The molecule has 0 saturated carbocycles. The molecule has 2 aromatic carbocycles. The van der Waals surface area contributed by atoms with E-state index in [0.29, 0.717) is 37.7 Å². The second kappa shape index (κ2) is 6.92. The van der Waals surface area contributed by atoms with Gasteiger partial charge < -0.3 is 4.90 Å². The predicted molar refractivity (Wildman–Crippen MR) is 102 cm³/mol. The number of carbonyl (C=O) groups is 1. The number of benzene rings is 2. The van der Waals surface area contributed by atoms with Crippen molar-refractivity contribution in [2.45, 2.75) is 13.0 Å². The van der Waals surface area contributed by atoms with E-state index in [2.05, 4.69) is 25.9 Å². The standard InChI is InChI=1S/C18H13BrClN3O2/c1-10-18(25)23(2)14-8-7-13(21-9-24)16(19)15(14)17(22-10)11-5-3-4-6-12(11)20/h3-8,10H,1-2H3/t10-/m0/s1. The Hall–Kier alpha value is -2.27. The van der Waals surface area contributed by atoms with Gasteiger partial charge in [-0.2, -0.15) is 4.99 Å². The van der Waals surface area contributed by atoms with Crippen LogP contribution < -0.4 is 4.90 Å². The van der Waals surface area contributed by atoms with E-state index in [1.807, 2.05) is 18.2 Å². The second-order valence-corrected chi connectivity index (χ2v) is 6.73. The van der Waals surface area contributed by atoms with E-state index in [9.17, 15) is 9.59 Å². The van der Waals surface area contributed by atoms with Crippen LogP contribution in [0.5, 0.6) is 0 Å². The van der Waals surface area contributed by atoms with Crippen LogP contribution in [0.4, 0.5) is 11.4 Å². The lowest BCUT2D eigenvalue weighted by atomic mass is 9.99. The SMILES string of the molecule is C[C@@H]1N=C(c2ccccc2Cl)c2c(ccc(N=C=O)c2Br)N(C)C1=O. The van der Waals surface area contributed by atoms with Crippen molar-refractivity contribution in [3.05, 3.63) is 57.0 Å². The molecule has 0 bridgehead atoms. The number of anilines is 1. The number of benzodiazepines with no additional fused rings is 1. The Labute approximate surface area is 158 Å². The van der Waals surface area contributed by atoms with E-state index < -0.39 is 6.04 Å². The predicted octanol–water partition coefficient (Wildman–Crippen LogP) is 4.27. The van der Waals surface area contributed by atoms with E-state index in [1.165, 1.54) is 0 Å². The summed E-state index contributed by atoms with van der Waals surface area (Å²) < 4.78 is 0.556. The minimum absolute atomic E-state index is 0.137. The highest BCUT2D eigenvalue weighted by Gasteiger charge is 2.30. The van der Waals surface area contributed by atoms with Crippen LogP contribution in [0.1, 0.15) is 18.1 Å². The molecule has 1 aliphatic heterocycles. The first-order valence-electron chi connectivity index (χ1n) is 7.46. The molecule has 0 unspecified atom stereocenters. The molecule has 1 amide bonds. The first kappa shape index (κ1) is 17.5. The summed E-state index contributed by atoms with van der Waals surface area (Å²) in [7, 11) is 1.69. The van der Waals surface area contributed by atoms with Crippen molar-refractivity contribution in [1.82, 2.24) is 0 Å². The average molecular weight is 419 g/mol. The summed E-state index contributed by atoms with van der Waals surface area (Å²) in [5.41, 5.74) is 2.99. The molecule has 1 aliphatic rings. The molecular formula is C18H13BrClN3O2. The molecule has 7 heteroatoms. The Morgan fingerprint density at radius 1 is 1.28 bits per heavy atom. The zero-order valence-electron chi connectivity index (χ0n) is 13.5. The highest BCUT2D eigenvalue weighted by Crippen LogP contribution is 2.39. The summed E-state index contributed by atoms with van der Waals surface area (Å²) in [5, 5.41) is 0.521. The fourth-order valence-electron chi connectivity index (χ4n) is 2.77. The summed E-state index contributed by atoms with van der Waals surface area (Å²) >= 11 is 9.87. The minimum atomic E-state index is -0.575. The summed E-state index contributed by atoms with van der Waals surface area (Å²) in [6, 6.07) is 10.1. The lowest BCUT2D eigenvalue weighted by Gasteiger charge is -2.20. The van der Waals surface area contributed by atoms with Crippen LogP contribution >= 0.6 is 27.5 Å². The van der Waals surface area contributed by atoms with Crippen molar-refractivity contribution in [2.75, 3.05) is 11.9 Å². The van der Waals surface area contributed by atoms with E-state index in [-0.39, 0.29) is 5.91 Å². The largest absolute Gasteiger partial charge is 0.313 e. The van der Waals surface area contributed by atoms with E-state index in [4.69, 9.17) is 11.6 Å². The Bertz CT molecular complexity index is 951. The molecule has 0 radical (unpaired) electrons. The Kier molecular flexibility index (Phi) is 4.86. The maximum atomic E-state index is 12.6. The number of likely N-dealkylation sites (N-methyl/N-ethyl adjacent to an activating group) is 1. The van der Waals surface area contributed by atoms with Crippen LogP contribution in [-0.2, 0) is 9.59 Å². The summed E-state index contributed by atoms with van der Waals surface area (Å²) in [5.74, 6) is -0.137. The molecule has 0 aromatic heterocycles. The van der Waals surface area contributed by atoms with Gasteiger partial charge in [0, 0.05) is 23.2 Å². The zero-order valence-corrected chi connectivity index (χ0v) is 15.8. The van der Waals surface area contributed by atoms with E-state index in [1.54, 1.807) is 43.2 Å². The number of hydrogen-bond acceptors (Lipinski definition) is 4. The lowest BCUT2D eigenvalue weighted by Crippen LogP contribution is -2.33. The Morgan fingerprint density at radius 3 is 2.68 bits per heavy atom. The maximum Gasteiger partial charge on any atom is 0.251 e. The molecule has 2 aromatic rings. The molecule has 1 heterocycles. The van der Waals surface area contributed by atoms with Gasteiger partial charge in [-0.3, -0.25) is 9.79 Å². The van der Waals surface area contributed by atoms with Gasteiger partial charge in [-0.1, -0.05) is 29.8 Å². The van der Waals surface area contributed by atoms with Crippen molar-refractivity contribution in [1.29, 1.82) is 0 Å². The van der Waals surface area contributed by atoms with Crippen LogP contribution in [0.2, 0.25) is 5.02 Å². The van der Waals surface area contributed by atoms with Gasteiger partial charge >= 0.3 is 0 Å². The van der Waals surface area contributed by atoms with Gasteiger partial charge in [0.1, 0.15) is 6.04 Å². The van der Waals surface area contributed by atoms with Gasteiger partial charge in [0.25, 0.3) is 5.91 Å². The normalized spacial score (nSPS) is 16.6. The Balaban J connectivity index is 2.39. The summed E-state index contributed by atoms with van der Waals surface area (Å²) in [6.07, 6.45) is 1.54. The van der Waals surface area contributed by atoms with Crippen LogP contribution in [0.15, 0.2) is 50.9 Å². The molecule has 0 fully saturated rings. The molecule has 0 spiro atoms. The van der Waals surface area contributed by atoms with Gasteiger partial charge in [-0.15, -0.1) is 0 Å². The molecule has 126 valence electrons.